The van der Waals surface area contributed by atoms with Crippen molar-refractivity contribution < 1.29 is 5.21 Å². The van der Waals surface area contributed by atoms with Crippen molar-refractivity contribution in [1.29, 1.82) is 0 Å². The zero-order valence-corrected chi connectivity index (χ0v) is 7.27. The Morgan fingerprint density at radius 2 is 1.92 bits per heavy atom. The second kappa shape index (κ2) is 2.34. The molecule has 2 heteroatoms. The van der Waals surface area contributed by atoms with Crippen molar-refractivity contribution in [3.8, 4) is 0 Å². The summed E-state index contributed by atoms with van der Waals surface area (Å²) in [5, 5.41) is 12.3. The third-order valence-corrected chi connectivity index (χ3v) is 3.31. The highest BCUT2D eigenvalue weighted by atomic mass is 16.4. The van der Waals surface area contributed by atoms with Crippen LogP contribution in [-0.2, 0) is 0 Å². The van der Waals surface area contributed by atoms with Gasteiger partial charge in [0.1, 0.15) is 0 Å². The number of hydrogen-bond acceptors (Lipinski definition) is 2. The lowest BCUT2D eigenvalue weighted by Crippen LogP contribution is -2.36. The van der Waals surface area contributed by atoms with Gasteiger partial charge in [-0.05, 0) is 24.3 Å². The van der Waals surface area contributed by atoms with Gasteiger partial charge in [-0.3, -0.25) is 0 Å². The zero-order chi connectivity index (χ0) is 8.84. The third kappa shape index (κ3) is 0.804. The molecule has 2 bridgehead atoms. The highest BCUT2D eigenvalue weighted by molar-refractivity contribution is 6.05. The molecule has 0 amide bonds. The predicted molar refractivity (Wildman–Crippen MR) is 50.2 cm³/mol. The molecule has 13 heavy (non-hydrogen) atoms. The first-order chi connectivity index (χ1) is 6.40. The van der Waals surface area contributed by atoms with E-state index in [1.165, 1.54) is 18.4 Å². The SMILES string of the molecule is O/N=C1/c2ccccc2C2CC1C2. The van der Waals surface area contributed by atoms with Crippen LogP contribution in [0.2, 0.25) is 0 Å². The van der Waals surface area contributed by atoms with Crippen LogP contribution in [0.4, 0.5) is 0 Å². The molecule has 4 rings (SSSR count). The maximum Gasteiger partial charge on any atom is 0.0901 e. The van der Waals surface area contributed by atoms with Gasteiger partial charge in [0.2, 0.25) is 0 Å². The van der Waals surface area contributed by atoms with Crippen molar-refractivity contribution in [2.45, 2.75) is 18.8 Å². The Bertz CT molecular complexity index is 377. The van der Waals surface area contributed by atoms with E-state index in [1.807, 2.05) is 6.07 Å². The van der Waals surface area contributed by atoms with E-state index in [2.05, 4.69) is 23.4 Å². The van der Waals surface area contributed by atoms with Gasteiger partial charge in [0.05, 0.1) is 5.71 Å². The van der Waals surface area contributed by atoms with Crippen molar-refractivity contribution in [3.05, 3.63) is 35.4 Å². The van der Waals surface area contributed by atoms with Gasteiger partial charge in [-0.2, -0.15) is 0 Å². The molecular formula is C11H11NO. The lowest BCUT2D eigenvalue weighted by atomic mass is 9.61. The summed E-state index contributed by atoms with van der Waals surface area (Å²) in [6, 6.07) is 8.28. The van der Waals surface area contributed by atoms with Crippen LogP contribution in [0.5, 0.6) is 0 Å². The molecule has 1 N–H and O–H groups in total. The molecule has 0 spiro atoms. The van der Waals surface area contributed by atoms with Gasteiger partial charge in [-0.1, -0.05) is 29.4 Å². The predicted octanol–water partition coefficient (Wildman–Crippen LogP) is 2.37. The maximum absolute atomic E-state index is 8.92. The van der Waals surface area contributed by atoms with E-state index in [9.17, 15) is 0 Å². The summed E-state index contributed by atoms with van der Waals surface area (Å²) in [5.41, 5.74) is 3.44. The van der Waals surface area contributed by atoms with Crippen LogP contribution in [0.3, 0.4) is 0 Å². The van der Waals surface area contributed by atoms with Crippen molar-refractivity contribution in [2.75, 3.05) is 0 Å². The van der Waals surface area contributed by atoms with E-state index in [1.54, 1.807) is 0 Å². The van der Waals surface area contributed by atoms with Crippen molar-refractivity contribution in [1.82, 2.24) is 0 Å². The molecule has 66 valence electrons. The quantitative estimate of drug-likeness (QED) is 0.474. The number of nitrogens with zero attached hydrogens (tertiary/aromatic N) is 1. The fraction of sp³-hybridized carbons (Fsp3) is 0.364. The largest absolute Gasteiger partial charge is 0.411 e. The van der Waals surface area contributed by atoms with Crippen LogP contribution in [-0.4, -0.2) is 10.9 Å². The third-order valence-electron chi connectivity index (χ3n) is 3.31. The molecule has 1 aromatic rings. The van der Waals surface area contributed by atoms with E-state index < -0.39 is 0 Å². The van der Waals surface area contributed by atoms with Gasteiger partial charge in [-0.15, -0.1) is 0 Å². The van der Waals surface area contributed by atoms with Crippen molar-refractivity contribution in [2.24, 2.45) is 11.1 Å². The first kappa shape index (κ1) is 7.13. The first-order valence-corrected chi connectivity index (χ1v) is 4.71. The van der Waals surface area contributed by atoms with E-state index in [0.717, 1.165) is 17.2 Å². The molecule has 3 aliphatic carbocycles. The Hall–Kier alpha value is -1.31. The number of rotatable bonds is 0. The summed E-state index contributed by atoms with van der Waals surface area (Å²) in [7, 11) is 0. The Kier molecular flexibility index (Phi) is 1.29. The van der Waals surface area contributed by atoms with Crippen LogP contribution in [0.1, 0.15) is 29.9 Å². The summed E-state index contributed by atoms with van der Waals surface area (Å²) >= 11 is 0. The van der Waals surface area contributed by atoms with Gasteiger partial charge >= 0.3 is 0 Å². The summed E-state index contributed by atoms with van der Waals surface area (Å²) < 4.78 is 0. The fourth-order valence-corrected chi connectivity index (χ4v) is 2.54. The summed E-state index contributed by atoms with van der Waals surface area (Å²) in [4.78, 5) is 0. The molecule has 0 saturated heterocycles. The Morgan fingerprint density at radius 1 is 1.15 bits per heavy atom. The molecule has 0 radical (unpaired) electrons. The molecule has 0 aromatic heterocycles. The van der Waals surface area contributed by atoms with E-state index in [0.29, 0.717) is 5.92 Å². The smallest absolute Gasteiger partial charge is 0.0901 e. The normalized spacial score (nSPS) is 32.5. The van der Waals surface area contributed by atoms with E-state index >= 15 is 0 Å². The minimum atomic E-state index is 0.518. The van der Waals surface area contributed by atoms with Crippen molar-refractivity contribution in [3.63, 3.8) is 0 Å². The standard InChI is InChI=1S/C11H11NO/c13-12-11-8-5-7(6-8)9-3-1-2-4-10(9)11/h1-4,7-8,13H,5-6H2/b12-11+. The van der Waals surface area contributed by atoms with Gasteiger partial charge in [0.25, 0.3) is 0 Å². The van der Waals surface area contributed by atoms with Crippen LogP contribution in [0.25, 0.3) is 0 Å². The summed E-state index contributed by atoms with van der Waals surface area (Å²) in [6.07, 6.45) is 2.35. The molecule has 3 aliphatic rings. The topological polar surface area (TPSA) is 32.6 Å². The molecular weight excluding hydrogens is 162 g/mol. The molecule has 1 saturated carbocycles. The van der Waals surface area contributed by atoms with Crippen LogP contribution >= 0.6 is 0 Å². The molecule has 0 atom stereocenters. The minimum absolute atomic E-state index is 0.518. The number of hydrogen-bond donors (Lipinski definition) is 1. The average Bonchev–Trinajstić information content (AvgIpc) is 2.14. The van der Waals surface area contributed by atoms with Crippen molar-refractivity contribution >= 4 is 5.71 Å². The highest BCUT2D eigenvalue weighted by Gasteiger charge is 2.41. The Labute approximate surface area is 76.9 Å². The lowest BCUT2D eigenvalue weighted by Gasteiger charge is -2.42. The van der Waals surface area contributed by atoms with Crippen LogP contribution in [0, 0.1) is 5.92 Å². The molecule has 0 unspecified atom stereocenters. The second-order valence-corrected chi connectivity index (χ2v) is 3.94. The summed E-state index contributed by atoms with van der Waals surface area (Å²) in [5.74, 6) is 1.25. The fourth-order valence-electron chi connectivity index (χ4n) is 2.54. The van der Waals surface area contributed by atoms with Gasteiger partial charge in [0.15, 0.2) is 0 Å². The number of oxime groups is 1. The Morgan fingerprint density at radius 3 is 2.69 bits per heavy atom. The lowest BCUT2D eigenvalue weighted by molar-refractivity contribution is 0.287. The molecule has 1 fully saturated rings. The van der Waals surface area contributed by atoms with E-state index in [-0.39, 0.29) is 0 Å². The highest BCUT2D eigenvalue weighted by Crippen LogP contribution is 2.49. The molecule has 0 heterocycles. The van der Waals surface area contributed by atoms with Crippen LogP contribution < -0.4 is 0 Å². The second-order valence-electron chi connectivity index (χ2n) is 3.94. The van der Waals surface area contributed by atoms with E-state index in [4.69, 9.17) is 5.21 Å². The zero-order valence-electron chi connectivity index (χ0n) is 7.27. The summed E-state index contributed by atoms with van der Waals surface area (Å²) in [6.45, 7) is 0. The molecule has 0 aliphatic heterocycles. The van der Waals surface area contributed by atoms with Gasteiger partial charge < -0.3 is 5.21 Å². The van der Waals surface area contributed by atoms with Crippen LogP contribution in [0.15, 0.2) is 29.4 Å². The first-order valence-electron chi connectivity index (χ1n) is 4.71. The number of benzene rings is 1. The molecule has 1 aromatic carbocycles. The average molecular weight is 173 g/mol. The Balaban J connectivity index is 2.23. The van der Waals surface area contributed by atoms with Gasteiger partial charge in [0, 0.05) is 11.5 Å². The monoisotopic (exact) mass is 173 g/mol. The molecule has 2 nitrogen and oxygen atoms in total. The maximum atomic E-state index is 8.92. The van der Waals surface area contributed by atoms with Gasteiger partial charge in [-0.25, -0.2) is 0 Å². The minimum Gasteiger partial charge on any atom is -0.411 e.